The molecule has 292 valence electrons. The molecule has 1 aliphatic heterocycles. The SMILES string of the molecule is c1ccc(N(c2ccccc2)c2ccc3c(c2)oc2cccc(-c4ccc(C5=NC(c6ccc7ccccc7c6)NC(c6ccc7ccccc7c6)=N5)c5ccccc45)c23)cc1. The van der Waals surface area contributed by atoms with E-state index in [-0.39, 0.29) is 6.17 Å². The highest BCUT2D eigenvalue weighted by atomic mass is 16.3. The molecule has 0 spiro atoms. The number of para-hydroxylation sites is 2. The van der Waals surface area contributed by atoms with Crippen molar-refractivity contribution >= 4 is 83.0 Å². The molecule has 1 unspecified atom stereocenters. The summed E-state index contributed by atoms with van der Waals surface area (Å²) in [4.78, 5) is 12.9. The smallest absolute Gasteiger partial charge is 0.160 e. The van der Waals surface area contributed by atoms with Gasteiger partial charge in [-0.25, -0.2) is 9.98 Å². The van der Waals surface area contributed by atoms with Gasteiger partial charge in [0, 0.05) is 45.0 Å². The van der Waals surface area contributed by atoms with Gasteiger partial charge in [-0.3, -0.25) is 0 Å². The Balaban J connectivity index is 0.995. The Labute approximate surface area is 358 Å². The fraction of sp³-hybridized carbons (Fsp3) is 0.0175. The van der Waals surface area contributed by atoms with Gasteiger partial charge in [0.1, 0.15) is 23.2 Å². The maximum Gasteiger partial charge on any atom is 0.160 e. The molecule has 0 fully saturated rings. The molecule has 0 aliphatic carbocycles. The summed E-state index contributed by atoms with van der Waals surface area (Å²) in [5, 5.41) is 12.8. The molecule has 10 aromatic carbocycles. The van der Waals surface area contributed by atoms with E-state index in [2.05, 4.69) is 216 Å². The molecular weight excluding hydrogens is 757 g/mol. The number of fused-ring (bicyclic) bond motifs is 6. The molecule has 1 N–H and O–H groups in total. The molecule has 1 aliphatic rings. The number of hydrogen-bond acceptors (Lipinski definition) is 5. The number of hydrogen-bond donors (Lipinski definition) is 1. The standard InChI is InChI=1S/C57H38N4O/c1-3-18-43(19-4-1)61(44-20-5-2-6-21-44)45-30-31-51-53(36-45)62-52-25-13-24-49(54(51)52)48-32-33-50(47-23-12-11-22-46(47)48)57-59-55(41-28-26-37-14-7-9-16-39(37)34-41)58-56(60-57)42-29-27-38-15-8-10-17-40(38)35-42/h1-36,55H,(H,58,59,60). The lowest BCUT2D eigenvalue weighted by Gasteiger charge is -2.25. The molecule has 2 heterocycles. The van der Waals surface area contributed by atoms with E-state index in [1.807, 2.05) is 12.1 Å². The number of nitrogens with one attached hydrogen (secondary N) is 1. The van der Waals surface area contributed by atoms with Crippen molar-refractivity contribution in [1.82, 2.24) is 5.32 Å². The molecule has 5 heteroatoms. The first-order chi connectivity index (χ1) is 30.7. The van der Waals surface area contributed by atoms with E-state index in [0.717, 1.165) is 88.8 Å². The summed E-state index contributed by atoms with van der Waals surface area (Å²) in [5.74, 6) is 1.48. The molecule has 5 nitrogen and oxygen atoms in total. The van der Waals surface area contributed by atoms with Gasteiger partial charge in [0.2, 0.25) is 0 Å². The zero-order chi connectivity index (χ0) is 41.0. The second-order valence-corrected chi connectivity index (χ2v) is 15.8. The zero-order valence-corrected chi connectivity index (χ0v) is 33.6. The van der Waals surface area contributed by atoms with E-state index in [0.29, 0.717) is 5.84 Å². The van der Waals surface area contributed by atoms with Crippen molar-refractivity contribution in [1.29, 1.82) is 0 Å². The monoisotopic (exact) mass is 794 g/mol. The average molecular weight is 795 g/mol. The van der Waals surface area contributed by atoms with E-state index >= 15 is 0 Å². The lowest BCUT2D eigenvalue weighted by atomic mass is 9.92. The maximum absolute atomic E-state index is 6.70. The number of nitrogens with zero attached hydrogens (tertiary/aromatic N) is 3. The summed E-state index contributed by atoms with van der Waals surface area (Å²) in [6, 6.07) is 76.9. The highest BCUT2D eigenvalue weighted by molar-refractivity contribution is 6.21. The van der Waals surface area contributed by atoms with Crippen molar-refractivity contribution in [3.8, 4) is 11.1 Å². The van der Waals surface area contributed by atoms with Crippen LogP contribution in [0.25, 0.3) is 65.4 Å². The Morgan fingerprint density at radius 3 is 1.79 bits per heavy atom. The van der Waals surface area contributed by atoms with Crippen molar-refractivity contribution in [2.24, 2.45) is 9.98 Å². The maximum atomic E-state index is 6.70. The quantitative estimate of drug-likeness (QED) is 0.175. The van der Waals surface area contributed by atoms with Gasteiger partial charge in [0.25, 0.3) is 0 Å². The Morgan fingerprint density at radius 2 is 1.05 bits per heavy atom. The third-order valence-corrected chi connectivity index (χ3v) is 12.1. The fourth-order valence-corrected chi connectivity index (χ4v) is 9.11. The largest absolute Gasteiger partial charge is 0.456 e. The number of aliphatic imine (C=N–C) groups is 2. The van der Waals surface area contributed by atoms with Crippen molar-refractivity contribution in [2.75, 3.05) is 4.90 Å². The number of benzene rings is 10. The topological polar surface area (TPSA) is 53.1 Å². The Morgan fingerprint density at radius 1 is 0.419 bits per heavy atom. The second kappa shape index (κ2) is 14.8. The molecule has 11 aromatic rings. The van der Waals surface area contributed by atoms with Crippen LogP contribution in [0, 0.1) is 0 Å². The van der Waals surface area contributed by atoms with Gasteiger partial charge in [-0.2, -0.15) is 0 Å². The van der Waals surface area contributed by atoms with Gasteiger partial charge in [0.15, 0.2) is 5.84 Å². The summed E-state index contributed by atoms with van der Waals surface area (Å²) in [7, 11) is 0. The number of anilines is 3. The zero-order valence-electron chi connectivity index (χ0n) is 33.6. The first kappa shape index (κ1) is 35.6. The van der Waals surface area contributed by atoms with Gasteiger partial charge < -0.3 is 14.6 Å². The van der Waals surface area contributed by atoms with Crippen LogP contribution in [0.2, 0.25) is 0 Å². The second-order valence-electron chi connectivity index (χ2n) is 15.8. The number of amidine groups is 2. The first-order valence-corrected chi connectivity index (χ1v) is 21.0. The Kier molecular flexibility index (Phi) is 8.49. The lowest BCUT2D eigenvalue weighted by molar-refractivity contribution is 0.669. The van der Waals surface area contributed by atoms with E-state index < -0.39 is 0 Å². The summed E-state index contributed by atoms with van der Waals surface area (Å²) >= 11 is 0. The van der Waals surface area contributed by atoms with E-state index in [1.54, 1.807) is 0 Å². The van der Waals surface area contributed by atoms with Crippen LogP contribution in [0.15, 0.2) is 233 Å². The normalized spacial score (nSPS) is 14.0. The van der Waals surface area contributed by atoms with Crippen LogP contribution in [-0.2, 0) is 0 Å². The highest BCUT2D eigenvalue weighted by Gasteiger charge is 2.24. The van der Waals surface area contributed by atoms with Crippen LogP contribution in [0.1, 0.15) is 22.9 Å². The molecule has 0 saturated carbocycles. The van der Waals surface area contributed by atoms with Gasteiger partial charge in [-0.15, -0.1) is 0 Å². The molecule has 0 saturated heterocycles. The predicted octanol–water partition coefficient (Wildman–Crippen LogP) is 14.7. The molecule has 1 atom stereocenters. The molecule has 62 heavy (non-hydrogen) atoms. The third kappa shape index (κ3) is 6.18. The van der Waals surface area contributed by atoms with E-state index in [4.69, 9.17) is 14.4 Å². The van der Waals surface area contributed by atoms with Crippen LogP contribution >= 0.6 is 0 Å². The number of furan rings is 1. The van der Waals surface area contributed by atoms with Crippen LogP contribution in [0.3, 0.4) is 0 Å². The Hall–Kier alpha value is -8.28. The van der Waals surface area contributed by atoms with Crippen LogP contribution in [-0.4, -0.2) is 11.7 Å². The summed E-state index contributed by atoms with van der Waals surface area (Å²) in [5.41, 5.74) is 10.2. The fourth-order valence-electron chi connectivity index (χ4n) is 9.11. The van der Waals surface area contributed by atoms with E-state index in [9.17, 15) is 0 Å². The first-order valence-electron chi connectivity index (χ1n) is 21.0. The molecule has 1 aromatic heterocycles. The molecule has 0 radical (unpaired) electrons. The minimum Gasteiger partial charge on any atom is -0.456 e. The van der Waals surface area contributed by atoms with Crippen molar-refractivity contribution < 1.29 is 4.42 Å². The van der Waals surface area contributed by atoms with Crippen molar-refractivity contribution in [3.05, 3.63) is 235 Å². The van der Waals surface area contributed by atoms with Crippen LogP contribution in [0.4, 0.5) is 17.1 Å². The van der Waals surface area contributed by atoms with Crippen molar-refractivity contribution in [2.45, 2.75) is 6.17 Å². The lowest BCUT2D eigenvalue weighted by Crippen LogP contribution is -2.33. The predicted molar refractivity (Wildman–Crippen MR) is 258 cm³/mol. The van der Waals surface area contributed by atoms with Crippen LogP contribution < -0.4 is 10.2 Å². The summed E-state index contributed by atoms with van der Waals surface area (Å²) < 4.78 is 6.70. The number of rotatable bonds is 7. The van der Waals surface area contributed by atoms with Crippen LogP contribution in [0.5, 0.6) is 0 Å². The van der Waals surface area contributed by atoms with Gasteiger partial charge >= 0.3 is 0 Å². The molecule has 12 rings (SSSR count). The summed E-state index contributed by atoms with van der Waals surface area (Å²) in [6.07, 6.45) is -0.345. The molecule has 0 amide bonds. The average Bonchev–Trinajstić information content (AvgIpc) is 3.72. The van der Waals surface area contributed by atoms with Gasteiger partial charge in [0.05, 0.1) is 0 Å². The van der Waals surface area contributed by atoms with E-state index in [1.165, 1.54) is 16.2 Å². The Bertz CT molecular complexity index is 3530. The van der Waals surface area contributed by atoms with Gasteiger partial charge in [-0.05, 0) is 110 Å². The molecule has 0 bridgehead atoms. The molecular formula is C57H38N4O. The van der Waals surface area contributed by atoms with Gasteiger partial charge in [-0.1, -0.05) is 152 Å². The highest BCUT2D eigenvalue weighted by Crippen LogP contribution is 2.43. The minimum absolute atomic E-state index is 0.345. The van der Waals surface area contributed by atoms with Crippen molar-refractivity contribution in [3.63, 3.8) is 0 Å². The third-order valence-electron chi connectivity index (χ3n) is 12.1. The summed E-state index contributed by atoms with van der Waals surface area (Å²) in [6.45, 7) is 0. The minimum atomic E-state index is -0.345.